The van der Waals surface area contributed by atoms with Crippen LogP contribution in [-0.2, 0) is 0 Å². The van der Waals surface area contributed by atoms with Crippen LogP contribution in [0.1, 0.15) is 5.56 Å². The number of hydrogen-bond acceptors (Lipinski definition) is 2. The van der Waals surface area contributed by atoms with Crippen LogP contribution in [0, 0.1) is 11.8 Å². The van der Waals surface area contributed by atoms with Crippen molar-refractivity contribution in [3.8, 4) is 0 Å². The van der Waals surface area contributed by atoms with Crippen molar-refractivity contribution in [3.63, 3.8) is 0 Å². The molecule has 0 amide bonds. The summed E-state index contributed by atoms with van der Waals surface area (Å²) in [6.07, 6.45) is 0. The van der Waals surface area contributed by atoms with E-state index in [1.165, 1.54) is 0 Å². The van der Waals surface area contributed by atoms with E-state index in [0.29, 0.717) is 5.69 Å². The van der Waals surface area contributed by atoms with Crippen molar-refractivity contribution in [2.45, 2.75) is 6.92 Å². The molecule has 0 aliphatic rings. The number of nitrogens with one attached hydrogen (secondary N) is 1. The van der Waals surface area contributed by atoms with E-state index in [1.54, 1.807) is 12.1 Å². The van der Waals surface area contributed by atoms with E-state index < -0.39 is 0 Å². The molecule has 1 rings (SSSR count). The molecule has 2 N–H and O–H groups in total. The topological polar surface area (TPSA) is 61.0 Å². The minimum absolute atomic E-state index is 0. The molecule has 10 heavy (non-hydrogen) atoms. The van der Waals surface area contributed by atoms with Gasteiger partial charge in [0, 0.05) is 22.2 Å². The first-order valence-corrected chi connectivity index (χ1v) is 2.78. The van der Waals surface area contributed by atoms with Crippen molar-refractivity contribution in [2.75, 3.05) is 0 Å². The monoisotopic (exact) mass is 139 g/mol. The fourth-order valence-corrected chi connectivity index (χ4v) is 0.709. The lowest BCUT2D eigenvalue weighted by Crippen LogP contribution is -2.55. The molecular formula is C7H9NO2. The van der Waals surface area contributed by atoms with E-state index in [1.807, 2.05) is 24.2 Å². The fraction of sp³-hybridized carbons (Fsp3) is 0.143. The Labute approximate surface area is 59.0 Å². The van der Waals surface area contributed by atoms with Crippen LogP contribution in [0.25, 0.3) is 0 Å². The second-order valence-electron chi connectivity index (χ2n) is 1.97. The van der Waals surface area contributed by atoms with Gasteiger partial charge in [0.2, 0.25) is 0 Å². The van der Waals surface area contributed by atoms with Gasteiger partial charge in [0.15, 0.2) is 0 Å². The van der Waals surface area contributed by atoms with Gasteiger partial charge in [-0.1, -0.05) is 12.1 Å². The number of benzene rings is 1. The van der Waals surface area contributed by atoms with E-state index in [0.717, 1.165) is 5.56 Å². The highest BCUT2D eigenvalue weighted by Gasteiger charge is 1.93. The molecule has 3 nitrogen and oxygen atoms in total. The standard InChI is InChI=1S/C7H7NO.H2O/c1-6-3-2-4-7(5-6)8-9;/h2-5H,1H3;1H2. The fourth-order valence-electron chi connectivity index (χ4n) is 0.709. The molecule has 0 saturated heterocycles. The first-order valence-electron chi connectivity index (χ1n) is 2.78. The lowest BCUT2D eigenvalue weighted by atomic mass is 10.2. The van der Waals surface area contributed by atoms with E-state index in [9.17, 15) is 4.91 Å². The van der Waals surface area contributed by atoms with E-state index in [-0.39, 0.29) is 5.48 Å². The summed E-state index contributed by atoms with van der Waals surface area (Å²) < 4.78 is 0. The minimum atomic E-state index is 0. The average molecular weight is 139 g/mol. The van der Waals surface area contributed by atoms with Crippen molar-refractivity contribution in [1.29, 1.82) is 0 Å². The van der Waals surface area contributed by atoms with Gasteiger partial charge < -0.3 is 5.48 Å². The lowest BCUT2D eigenvalue weighted by molar-refractivity contribution is -0.379. The predicted octanol–water partition coefficient (Wildman–Crippen LogP) is 0.297. The molecule has 0 saturated carbocycles. The molecule has 1 aromatic rings. The lowest BCUT2D eigenvalue weighted by Gasteiger charge is -1.84. The van der Waals surface area contributed by atoms with Crippen molar-refractivity contribution >= 4 is 5.69 Å². The van der Waals surface area contributed by atoms with Crippen molar-refractivity contribution in [1.82, 2.24) is 0 Å². The maximum Gasteiger partial charge on any atom is 0.253 e. The summed E-state index contributed by atoms with van der Waals surface area (Å²) in [6.45, 7) is 1.95. The number of aryl methyl sites for hydroxylation is 1. The largest absolute Gasteiger partial charge is 0.870 e. The maximum absolute atomic E-state index is 10.0. The normalized spacial score (nSPS) is 8.10. The van der Waals surface area contributed by atoms with Gasteiger partial charge in [0.25, 0.3) is 5.69 Å². The minimum Gasteiger partial charge on any atom is -0.870 e. The molecule has 0 unspecified atom stereocenters. The van der Waals surface area contributed by atoms with Crippen molar-refractivity contribution < 1.29 is 10.7 Å². The van der Waals surface area contributed by atoms with Gasteiger partial charge in [-0.05, 0) is 12.5 Å². The van der Waals surface area contributed by atoms with Crippen LogP contribution in [0.15, 0.2) is 24.3 Å². The van der Waals surface area contributed by atoms with Gasteiger partial charge in [-0.25, -0.2) is 0 Å². The van der Waals surface area contributed by atoms with E-state index >= 15 is 0 Å². The quantitative estimate of drug-likeness (QED) is 0.608. The maximum atomic E-state index is 10.0. The Kier molecular flexibility index (Phi) is 3.28. The Morgan fingerprint density at radius 1 is 1.40 bits per heavy atom. The molecule has 0 aliphatic heterocycles. The zero-order chi connectivity index (χ0) is 6.69. The molecule has 0 radical (unpaired) electrons. The van der Waals surface area contributed by atoms with Crippen LogP contribution in [0.5, 0.6) is 0 Å². The molecule has 3 heteroatoms. The first kappa shape index (κ1) is 8.78. The summed E-state index contributed by atoms with van der Waals surface area (Å²) in [5, 5.41) is 1.82. The molecule has 0 fully saturated rings. The van der Waals surface area contributed by atoms with Gasteiger partial charge >= 0.3 is 0 Å². The second kappa shape index (κ2) is 3.74. The summed E-state index contributed by atoms with van der Waals surface area (Å²) in [5.74, 6) is 0. The molecule has 0 heterocycles. The third-order valence-electron chi connectivity index (χ3n) is 1.14. The van der Waals surface area contributed by atoms with Crippen LogP contribution < -0.4 is 5.18 Å². The summed E-state index contributed by atoms with van der Waals surface area (Å²) >= 11 is 0. The zero-order valence-corrected chi connectivity index (χ0v) is 5.66. The summed E-state index contributed by atoms with van der Waals surface area (Å²) in [6, 6.07) is 7.32. The Morgan fingerprint density at radius 2 is 2.10 bits per heavy atom. The van der Waals surface area contributed by atoms with Crippen LogP contribution in [0.2, 0.25) is 0 Å². The Balaban J connectivity index is 0.000000810. The third-order valence-corrected chi connectivity index (χ3v) is 1.14. The Bertz CT molecular complexity index is 223. The van der Waals surface area contributed by atoms with Gasteiger partial charge in [0.05, 0.1) is 0 Å². The average Bonchev–Trinajstić information content (AvgIpc) is 1.88. The van der Waals surface area contributed by atoms with Gasteiger partial charge in [-0.3, -0.25) is 0 Å². The van der Waals surface area contributed by atoms with Crippen molar-refractivity contribution in [2.24, 2.45) is 0 Å². The summed E-state index contributed by atoms with van der Waals surface area (Å²) in [5.41, 5.74) is 1.71. The molecule has 0 atom stereocenters. The van der Waals surface area contributed by atoms with Crippen LogP contribution in [0.4, 0.5) is 5.69 Å². The molecule has 1 aromatic carbocycles. The highest BCUT2D eigenvalue weighted by molar-refractivity contribution is 5.31. The summed E-state index contributed by atoms with van der Waals surface area (Å²) in [7, 11) is 0. The first-order chi connectivity index (χ1) is 4.33. The highest BCUT2D eigenvalue weighted by atomic mass is 16.3. The molecule has 0 aliphatic carbocycles. The van der Waals surface area contributed by atoms with Crippen molar-refractivity contribution in [3.05, 3.63) is 34.7 Å². The zero-order valence-electron chi connectivity index (χ0n) is 5.66. The SMILES string of the molecule is Cc1cccc([NH+]=O)c1.[OH-]. The smallest absolute Gasteiger partial charge is 0.253 e. The number of nitroso groups, excluding NO2 is 1. The molecule has 0 bridgehead atoms. The van der Waals surface area contributed by atoms with Crippen LogP contribution >= 0.6 is 0 Å². The Morgan fingerprint density at radius 3 is 2.50 bits per heavy atom. The van der Waals surface area contributed by atoms with Gasteiger partial charge in [-0.15, -0.1) is 0 Å². The summed E-state index contributed by atoms with van der Waals surface area (Å²) in [4.78, 5) is 10.0. The second-order valence-corrected chi connectivity index (χ2v) is 1.97. The Hall–Kier alpha value is -1.22. The van der Waals surface area contributed by atoms with Gasteiger partial charge in [0.1, 0.15) is 0 Å². The van der Waals surface area contributed by atoms with E-state index in [4.69, 9.17) is 0 Å². The van der Waals surface area contributed by atoms with Crippen LogP contribution in [-0.4, -0.2) is 5.48 Å². The molecule has 0 spiro atoms. The third kappa shape index (κ3) is 1.95. The highest BCUT2D eigenvalue weighted by Crippen LogP contribution is 2.01. The molecule has 54 valence electrons. The van der Waals surface area contributed by atoms with E-state index in [2.05, 4.69) is 0 Å². The van der Waals surface area contributed by atoms with Crippen LogP contribution in [0.3, 0.4) is 0 Å². The predicted molar refractivity (Wildman–Crippen MR) is 37.1 cm³/mol. The molecule has 0 aromatic heterocycles. The number of rotatable bonds is 1. The number of hydrogen-bond donors (Lipinski definition) is 1. The molecular weight excluding hydrogens is 130 g/mol. The van der Waals surface area contributed by atoms with Gasteiger partial charge in [-0.2, -0.15) is 0 Å².